The van der Waals surface area contributed by atoms with Gasteiger partial charge in [0.15, 0.2) is 0 Å². The first kappa shape index (κ1) is 15.9. The topological polar surface area (TPSA) is 118 Å². The largest absolute Gasteiger partial charge is 0.381 e. The molecule has 0 aromatic heterocycles. The molecule has 0 bridgehead atoms. The van der Waals surface area contributed by atoms with E-state index in [0.29, 0.717) is 6.42 Å². The second kappa shape index (κ2) is 6.56. The number of amides is 2. The monoisotopic (exact) mass is 245 g/mol. The number of hydrogen-bond acceptors (Lipinski definition) is 4. The summed E-state index contributed by atoms with van der Waals surface area (Å²) in [6, 6.07) is 0. The molecule has 0 aliphatic rings. The molecule has 6 N–H and O–H groups in total. The zero-order valence-corrected chi connectivity index (χ0v) is 10.7. The number of aliphatic hydroxyl groups excluding tert-OH is 1. The summed E-state index contributed by atoms with van der Waals surface area (Å²) in [5.41, 5.74) is 10.4. The zero-order valence-electron chi connectivity index (χ0n) is 10.7. The van der Waals surface area contributed by atoms with Crippen molar-refractivity contribution in [2.45, 2.75) is 33.3 Å². The maximum absolute atomic E-state index is 11.7. The van der Waals surface area contributed by atoms with Gasteiger partial charge in [0.2, 0.25) is 11.8 Å². The molecule has 2 atom stereocenters. The normalized spacial score (nSPS) is 15.1. The van der Waals surface area contributed by atoms with Crippen LogP contribution in [-0.2, 0) is 9.59 Å². The zero-order chi connectivity index (χ0) is 13.6. The lowest BCUT2D eigenvalue weighted by molar-refractivity contribution is -0.128. The fraction of sp³-hybridized carbons (Fsp3) is 0.818. The van der Waals surface area contributed by atoms with Gasteiger partial charge < -0.3 is 21.9 Å². The highest BCUT2D eigenvalue weighted by atomic mass is 16.3. The molecule has 0 spiro atoms. The average Bonchev–Trinajstić information content (AvgIpc) is 2.20. The van der Waals surface area contributed by atoms with Crippen molar-refractivity contribution in [3.05, 3.63) is 0 Å². The van der Waals surface area contributed by atoms with E-state index in [-0.39, 0.29) is 30.3 Å². The number of aliphatic hydroxyl groups is 1. The Morgan fingerprint density at radius 3 is 2.24 bits per heavy atom. The summed E-state index contributed by atoms with van der Waals surface area (Å²) in [6.45, 7) is 6.11. The Bertz CT molecular complexity index is 274. The SMILES string of the molecule is CC(C)(C)CC(CN)C(=O)NCC(O)C(N)=O. The highest BCUT2D eigenvalue weighted by Gasteiger charge is 2.24. The number of hydrogen-bond donors (Lipinski definition) is 4. The number of carbonyl (C=O) groups excluding carboxylic acids is 2. The van der Waals surface area contributed by atoms with E-state index < -0.39 is 12.0 Å². The lowest BCUT2D eigenvalue weighted by Gasteiger charge is -2.24. The Labute approximate surface area is 102 Å². The minimum absolute atomic E-state index is 0.0102. The van der Waals surface area contributed by atoms with Gasteiger partial charge in [0.25, 0.3) is 0 Å². The van der Waals surface area contributed by atoms with Crippen LogP contribution < -0.4 is 16.8 Å². The molecule has 0 saturated heterocycles. The quantitative estimate of drug-likeness (QED) is 0.478. The predicted octanol–water partition coefficient (Wildman–Crippen LogP) is -1.04. The van der Waals surface area contributed by atoms with Crippen molar-refractivity contribution in [3.63, 3.8) is 0 Å². The average molecular weight is 245 g/mol. The second-order valence-corrected chi connectivity index (χ2v) is 5.36. The van der Waals surface area contributed by atoms with Crippen molar-refractivity contribution in [3.8, 4) is 0 Å². The lowest BCUT2D eigenvalue weighted by atomic mass is 9.84. The summed E-state index contributed by atoms with van der Waals surface area (Å²) in [6.07, 6.45) is -0.714. The molecule has 2 amide bonds. The molecule has 0 saturated carbocycles. The van der Waals surface area contributed by atoms with Gasteiger partial charge in [0.05, 0.1) is 12.5 Å². The molecular formula is C11H23N3O3. The van der Waals surface area contributed by atoms with Gasteiger partial charge in [-0.2, -0.15) is 0 Å². The van der Waals surface area contributed by atoms with Gasteiger partial charge in [-0.25, -0.2) is 0 Å². The molecule has 6 heteroatoms. The van der Waals surface area contributed by atoms with E-state index in [2.05, 4.69) is 5.32 Å². The third kappa shape index (κ3) is 6.91. The van der Waals surface area contributed by atoms with Gasteiger partial charge in [-0.3, -0.25) is 9.59 Å². The van der Waals surface area contributed by atoms with Gasteiger partial charge in [-0.15, -0.1) is 0 Å². The van der Waals surface area contributed by atoms with Crippen LogP contribution in [0.15, 0.2) is 0 Å². The Kier molecular flexibility index (Phi) is 6.12. The van der Waals surface area contributed by atoms with Crippen molar-refractivity contribution in [1.82, 2.24) is 5.32 Å². The predicted molar refractivity (Wildman–Crippen MR) is 64.8 cm³/mol. The minimum Gasteiger partial charge on any atom is -0.381 e. The summed E-state index contributed by atoms with van der Waals surface area (Å²) in [7, 11) is 0. The Hall–Kier alpha value is -1.14. The van der Waals surface area contributed by atoms with Gasteiger partial charge in [-0.05, 0) is 11.8 Å². The van der Waals surface area contributed by atoms with Crippen LogP contribution in [0.25, 0.3) is 0 Å². The molecule has 17 heavy (non-hydrogen) atoms. The molecule has 0 aliphatic carbocycles. The maximum Gasteiger partial charge on any atom is 0.248 e. The van der Waals surface area contributed by atoms with Crippen LogP contribution in [0.3, 0.4) is 0 Å². The molecule has 0 aromatic rings. The minimum atomic E-state index is -1.35. The van der Waals surface area contributed by atoms with E-state index in [1.807, 2.05) is 20.8 Å². The van der Waals surface area contributed by atoms with Crippen LogP contribution in [0.2, 0.25) is 0 Å². The maximum atomic E-state index is 11.7. The number of nitrogens with two attached hydrogens (primary N) is 2. The van der Waals surface area contributed by atoms with E-state index in [9.17, 15) is 9.59 Å². The van der Waals surface area contributed by atoms with Crippen LogP contribution in [-0.4, -0.2) is 36.1 Å². The van der Waals surface area contributed by atoms with Crippen LogP contribution in [0.5, 0.6) is 0 Å². The van der Waals surface area contributed by atoms with Crippen LogP contribution in [0, 0.1) is 11.3 Å². The van der Waals surface area contributed by atoms with Crippen molar-refractivity contribution < 1.29 is 14.7 Å². The fourth-order valence-electron chi connectivity index (χ4n) is 1.46. The Balaban J connectivity index is 4.23. The first-order chi connectivity index (χ1) is 7.67. The van der Waals surface area contributed by atoms with E-state index in [0.717, 1.165) is 0 Å². The second-order valence-electron chi connectivity index (χ2n) is 5.36. The standard InChI is InChI=1S/C11H23N3O3/c1-11(2,3)4-7(5-12)10(17)14-6-8(15)9(13)16/h7-8,15H,4-6,12H2,1-3H3,(H2,13,16)(H,14,17). The third-order valence-corrected chi connectivity index (χ3v) is 2.31. The lowest BCUT2D eigenvalue weighted by Crippen LogP contribution is -2.44. The van der Waals surface area contributed by atoms with Crippen molar-refractivity contribution in [2.24, 2.45) is 22.8 Å². The van der Waals surface area contributed by atoms with Crippen LogP contribution in [0.4, 0.5) is 0 Å². The summed E-state index contributed by atoms with van der Waals surface area (Å²) in [5.74, 6) is -1.44. The molecule has 100 valence electrons. The van der Waals surface area contributed by atoms with E-state index in [1.165, 1.54) is 0 Å². The van der Waals surface area contributed by atoms with Gasteiger partial charge in [-0.1, -0.05) is 20.8 Å². The molecule has 0 radical (unpaired) electrons. The van der Waals surface area contributed by atoms with Crippen molar-refractivity contribution >= 4 is 11.8 Å². The molecule has 0 heterocycles. The summed E-state index contributed by atoms with van der Waals surface area (Å²) >= 11 is 0. The first-order valence-corrected chi connectivity index (χ1v) is 5.62. The highest BCUT2D eigenvalue weighted by molar-refractivity contribution is 5.82. The van der Waals surface area contributed by atoms with E-state index in [1.54, 1.807) is 0 Å². The number of nitrogens with one attached hydrogen (secondary N) is 1. The van der Waals surface area contributed by atoms with Gasteiger partial charge >= 0.3 is 0 Å². The van der Waals surface area contributed by atoms with Crippen LogP contribution >= 0.6 is 0 Å². The molecule has 0 fully saturated rings. The third-order valence-electron chi connectivity index (χ3n) is 2.31. The molecule has 2 unspecified atom stereocenters. The smallest absolute Gasteiger partial charge is 0.248 e. The molecule has 6 nitrogen and oxygen atoms in total. The highest BCUT2D eigenvalue weighted by Crippen LogP contribution is 2.23. The number of carbonyl (C=O) groups is 2. The molecule has 0 aromatic carbocycles. The molecular weight excluding hydrogens is 222 g/mol. The number of primary amides is 1. The Morgan fingerprint density at radius 2 is 1.88 bits per heavy atom. The van der Waals surface area contributed by atoms with Crippen molar-refractivity contribution in [1.29, 1.82) is 0 Å². The van der Waals surface area contributed by atoms with Crippen molar-refractivity contribution in [2.75, 3.05) is 13.1 Å². The number of rotatable bonds is 6. The summed E-state index contributed by atoms with van der Waals surface area (Å²) in [4.78, 5) is 22.3. The van der Waals surface area contributed by atoms with E-state index in [4.69, 9.17) is 16.6 Å². The van der Waals surface area contributed by atoms with Gasteiger partial charge in [0.1, 0.15) is 6.10 Å². The first-order valence-electron chi connectivity index (χ1n) is 5.62. The Morgan fingerprint density at radius 1 is 1.35 bits per heavy atom. The fourth-order valence-corrected chi connectivity index (χ4v) is 1.46. The molecule has 0 rings (SSSR count). The molecule has 0 aliphatic heterocycles. The van der Waals surface area contributed by atoms with E-state index >= 15 is 0 Å². The summed E-state index contributed by atoms with van der Waals surface area (Å²) in [5, 5.41) is 11.6. The summed E-state index contributed by atoms with van der Waals surface area (Å²) < 4.78 is 0. The van der Waals surface area contributed by atoms with Crippen LogP contribution in [0.1, 0.15) is 27.2 Å². The van der Waals surface area contributed by atoms with Gasteiger partial charge in [0, 0.05) is 6.54 Å².